The molecule has 0 atom stereocenters. The number of nitrogen functional groups attached to an aromatic ring is 1. The molecular formula is C13H11N5O4. The maximum Gasteiger partial charge on any atom is 0.314 e. The van der Waals surface area contributed by atoms with Crippen LogP contribution in [0.15, 0.2) is 29.3 Å². The molecule has 112 valence electrons. The quantitative estimate of drug-likeness (QED) is 0.702. The molecule has 3 heterocycles. The van der Waals surface area contributed by atoms with E-state index >= 15 is 0 Å². The Morgan fingerprint density at radius 1 is 1.36 bits per heavy atom. The Morgan fingerprint density at radius 2 is 2.23 bits per heavy atom. The summed E-state index contributed by atoms with van der Waals surface area (Å²) in [5, 5.41) is 0. The molecule has 9 nitrogen and oxygen atoms in total. The van der Waals surface area contributed by atoms with E-state index in [4.69, 9.17) is 20.0 Å². The number of ether oxygens (including phenoxy) is 2. The molecule has 0 amide bonds. The lowest BCUT2D eigenvalue weighted by molar-refractivity contribution is 0.0931. The van der Waals surface area contributed by atoms with E-state index in [1.54, 1.807) is 12.1 Å². The number of benzene rings is 1. The van der Waals surface area contributed by atoms with Gasteiger partial charge in [-0.2, -0.15) is 4.98 Å². The predicted molar refractivity (Wildman–Crippen MR) is 75.4 cm³/mol. The van der Waals surface area contributed by atoms with Crippen molar-refractivity contribution in [3.05, 3.63) is 40.4 Å². The number of nitrogens with one attached hydrogen (secondary N) is 1. The molecule has 2 aromatic heterocycles. The van der Waals surface area contributed by atoms with E-state index in [9.17, 15) is 4.79 Å². The van der Waals surface area contributed by atoms with E-state index < -0.39 is 5.56 Å². The molecule has 0 fully saturated rings. The van der Waals surface area contributed by atoms with Crippen molar-refractivity contribution in [3.63, 3.8) is 0 Å². The molecule has 0 saturated carbocycles. The number of nitrogens with zero attached hydrogens (tertiary/aromatic N) is 3. The zero-order chi connectivity index (χ0) is 15.1. The van der Waals surface area contributed by atoms with E-state index in [1.807, 2.05) is 6.07 Å². The Hall–Kier alpha value is -3.23. The van der Waals surface area contributed by atoms with Crippen LogP contribution in [-0.2, 0) is 6.61 Å². The molecule has 3 aromatic rings. The summed E-state index contributed by atoms with van der Waals surface area (Å²) in [6.07, 6.45) is 1.38. The molecule has 1 aliphatic rings. The molecule has 0 radical (unpaired) electrons. The SMILES string of the molecule is Nc1nc2nc[nH]c2c(=O)n1OCc1ccc2c(c1)OCO2. The van der Waals surface area contributed by atoms with Crippen LogP contribution >= 0.6 is 0 Å². The number of rotatable bonds is 3. The number of imidazole rings is 1. The summed E-state index contributed by atoms with van der Waals surface area (Å²) in [6.45, 7) is 0.328. The van der Waals surface area contributed by atoms with Crippen LogP contribution in [0.3, 0.4) is 0 Å². The topological polar surface area (TPSA) is 117 Å². The van der Waals surface area contributed by atoms with Gasteiger partial charge in [-0.1, -0.05) is 6.07 Å². The van der Waals surface area contributed by atoms with Gasteiger partial charge in [-0.25, -0.2) is 4.98 Å². The summed E-state index contributed by atoms with van der Waals surface area (Å²) < 4.78 is 11.5. The number of nitrogens with two attached hydrogens (primary N) is 1. The van der Waals surface area contributed by atoms with Crippen molar-refractivity contribution < 1.29 is 14.3 Å². The summed E-state index contributed by atoms with van der Waals surface area (Å²) in [5.41, 5.74) is 6.58. The molecule has 3 N–H and O–H groups in total. The lowest BCUT2D eigenvalue weighted by atomic mass is 10.2. The second-order valence-electron chi connectivity index (χ2n) is 4.63. The molecule has 22 heavy (non-hydrogen) atoms. The molecule has 0 unspecified atom stereocenters. The van der Waals surface area contributed by atoms with Crippen LogP contribution in [0.2, 0.25) is 0 Å². The highest BCUT2D eigenvalue weighted by Gasteiger charge is 2.15. The number of hydrogen-bond acceptors (Lipinski definition) is 7. The zero-order valence-corrected chi connectivity index (χ0v) is 11.3. The average molecular weight is 301 g/mol. The lowest BCUT2D eigenvalue weighted by Gasteiger charge is -2.10. The second kappa shape index (κ2) is 4.65. The van der Waals surface area contributed by atoms with Crippen LogP contribution in [0.4, 0.5) is 5.95 Å². The summed E-state index contributed by atoms with van der Waals surface area (Å²) in [6, 6.07) is 5.38. The number of aromatic amines is 1. The van der Waals surface area contributed by atoms with E-state index in [0.717, 1.165) is 10.3 Å². The van der Waals surface area contributed by atoms with Crippen LogP contribution < -0.4 is 25.6 Å². The fraction of sp³-hybridized carbons (Fsp3) is 0.154. The van der Waals surface area contributed by atoms with Crippen molar-refractivity contribution in [1.82, 2.24) is 19.7 Å². The molecule has 0 saturated heterocycles. The average Bonchev–Trinajstić information content (AvgIpc) is 3.14. The van der Waals surface area contributed by atoms with E-state index in [1.165, 1.54) is 6.33 Å². The van der Waals surface area contributed by atoms with Crippen molar-refractivity contribution in [2.75, 3.05) is 12.5 Å². The van der Waals surface area contributed by atoms with Crippen molar-refractivity contribution in [3.8, 4) is 11.5 Å². The fourth-order valence-electron chi connectivity index (χ4n) is 2.18. The van der Waals surface area contributed by atoms with Gasteiger partial charge in [-0.3, -0.25) is 4.79 Å². The summed E-state index contributed by atoms with van der Waals surface area (Å²) in [5.74, 6) is 1.26. The number of H-pyrrole nitrogens is 1. The van der Waals surface area contributed by atoms with Crippen molar-refractivity contribution >= 4 is 17.1 Å². The molecule has 0 spiro atoms. The van der Waals surface area contributed by atoms with Crippen molar-refractivity contribution in [1.29, 1.82) is 0 Å². The Kier molecular flexibility index (Phi) is 2.65. The highest BCUT2D eigenvalue weighted by Crippen LogP contribution is 2.32. The zero-order valence-electron chi connectivity index (χ0n) is 11.3. The minimum absolute atomic E-state index is 0.0645. The van der Waals surface area contributed by atoms with Gasteiger partial charge in [0.15, 0.2) is 22.7 Å². The van der Waals surface area contributed by atoms with Gasteiger partial charge in [0.05, 0.1) is 6.33 Å². The molecule has 9 heteroatoms. The van der Waals surface area contributed by atoms with Crippen molar-refractivity contribution in [2.45, 2.75) is 6.61 Å². The normalized spacial score (nSPS) is 12.7. The number of hydrogen-bond donors (Lipinski definition) is 2. The Morgan fingerprint density at radius 3 is 3.14 bits per heavy atom. The molecule has 1 aliphatic heterocycles. The van der Waals surface area contributed by atoms with Gasteiger partial charge in [0, 0.05) is 0 Å². The van der Waals surface area contributed by atoms with Gasteiger partial charge in [-0.05, 0) is 17.7 Å². The van der Waals surface area contributed by atoms with Gasteiger partial charge < -0.3 is 25.0 Å². The van der Waals surface area contributed by atoms with Gasteiger partial charge in [-0.15, -0.1) is 4.73 Å². The summed E-state index contributed by atoms with van der Waals surface area (Å²) in [4.78, 5) is 28.3. The predicted octanol–water partition coefficient (Wildman–Crippen LogP) is 0.0593. The lowest BCUT2D eigenvalue weighted by Crippen LogP contribution is -2.30. The van der Waals surface area contributed by atoms with E-state index in [2.05, 4.69) is 15.0 Å². The van der Waals surface area contributed by atoms with Gasteiger partial charge in [0.1, 0.15) is 6.61 Å². The minimum atomic E-state index is -0.444. The Bertz CT molecular complexity index is 916. The largest absolute Gasteiger partial charge is 0.454 e. The van der Waals surface area contributed by atoms with E-state index in [-0.39, 0.29) is 30.5 Å². The summed E-state index contributed by atoms with van der Waals surface area (Å²) in [7, 11) is 0. The van der Waals surface area contributed by atoms with Crippen molar-refractivity contribution in [2.24, 2.45) is 0 Å². The van der Waals surface area contributed by atoms with Crippen LogP contribution in [0.5, 0.6) is 11.5 Å². The second-order valence-corrected chi connectivity index (χ2v) is 4.63. The third-order valence-electron chi connectivity index (χ3n) is 3.24. The fourth-order valence-corrected chi connectivity index (χ4v) is 2.18. The molecule has 4 rings (SSSR count). The van der Waals surface area contributed by atoms with Crippen LogP contribution in [-0.4, -0.2) is 26.5 Å². The molecule has 1 aromatic carbocycles. The minimum Gasteiger partial charge on any atom is -0.454 e. The number of aromatic nitrogens is 4. The Balaban J connectivity index is 1.63. The first-order chi connectivity index (χ1) is 10.7. The number of anilines is 1. The molecular weight excluding hydrogens is 290 g/mol. The first-order valence-electron chi connectivity index (χ1n) is 6.46. The first-order valence-corrected chi connectivity index (χ1v) is 6.46. The molecule has 0 bridgehead atoms. The van der Waals surface area contributed by atoms with Crippen LogP contribution in [0.25, 0.3) is 11.2 Å². The van der Waals surface area contributed by atoms with Crippen LogP contribution in [0.1, 0.15) is 5.56 Å². The standard InChI is InChI=1S/C13H11N5O4/c14-13-17-11-10(15-5-16-11)12(19)18(13)22-4-7-1-2-8-9(3-7)21-6-20-8/h1-3,5H,4,6H2,(H2,14,17)(H,15,16). The van der Waals surface area contributed by atoms with E-state index in [0.29, 0.717) is 11.5 Å². The third-order valence-corrected chi connectivity index (χ3v) is 3.24. The number of fused-ring (bicyclic) bond motifs is 2. The third kappa shape index (κ3) is 1.91. The van der Waals surface area contributed by atoms with Crippen LogP contribution in [0, 0.1) is 0 Å². The maximum absolute atomic E-state index is 12.2. The van der Waals surface area contributed by atoms with Gasteiger partial charge >= 0.3 is 5.56 Å². The highest BCUT2D eigenvalue weighted by atomic mass is 16.7. The summed E-state index contributed by atoms with van der Waals surface area (Å²) >= 11 is 0. The molecule has 0 aliphatic carbocycles. The smallest absolute Gasteiger partial charge is 0.314 e. The highest BCUT2D eigenvalue weighted by molar-refractivity contribution is 5.69. The van der Waals surface area contributed by atoms with Gasteiger partial charge in [0.25, 0.3) is 0 Å². The monoisotopic (exact) mass is 301 g/mol. The Labute approximate surface area is 123 Å². The van der Waals surface area contributed by atoms with Gasteiger partial charge in [0.2, 0.25) is 12.7 Å². The first kappa shape index (κ1) is 12.5. The maximum atomic E-state index is 12.2.